The van der Waals surface area contributed by atoms with Crippen molar-refractivity contribution < 1.29 is 4.79 Å². The lowest BCUT2D eigenvalue weighted by Gasteiger charge is -2.28. The maximum atomic E-state index is 11.4. The molecule has 0 radical (unpaired) electrons. The smallest absolute Gasteiger partial charge is 0.223 e. The first-order chi connectivity index (χ1) is 7.77. The summed E-state index contributed by atoms with van der Waals surface area (Å²) in [5.41, 5.74) is 0. The maximum absolute atomic E-state index is 11.4. The van der Waals surface area contributed by atoms with Crippen LogP contribution in [0.1, 0.15) is 32.1 Å². The largest absolute Gasteiger partial charge is 0.332 e. The van der Waals surface area contributed by atoms with Crippen molar-refractivity contribution >= 4 is 5.91 Å². The Kier molecular flexibility index (Phi) is 3.84. The Labute approximate surface area is 97.8 Å². The second kappa shape index (κ2) is 5.36. The summed E-state index contributed by atoms with van der Waals surface area (Å²) in [6, 6.07) is 0.409. The predicted molar refractivity (Wildman–Crippen MR) is 63.9 cm³/mol. The van der Waals surface area contributed by atoms with Gasteiger partial charge in [0.1, 0.15) is 0 Å². The molecule has 3 heteroatoms. The van der Waals surface area contributed by atoms with Crippen molar-refractivity contribution in [3.8, 4) is 11.8 Å². The van der Waals surface area contributed by atoms with Crippen LogP contribution in [0.2, 0.25) is 0 Å². The van der Waals surface area contributed by atoms with Crippen molar-refractivity contribution in [2.45, 2.75) is 38.1 Å². The number of rotatable bonds is 1. The first-order valence-electron chi connectivity index (χ1n) is 6.24. The molecule has 2 rings (SSSR count). The van der Waals surface area contributed by atoms with E-state index >= 15 is 0 Å². The number of carbonyl (C=O) groups is 1. The predicted octanol–water partition coefficient (Wildman–Crippen LogP) is 1.10. The van der Waals surface area contributed by atoms with Gasteiger partial charge in [-0.1, -0.05) is 11.8 Å². The second-order valence-corrected chi connectivity index (χ2v) is 4.73. The SMILES string of the molecule is CN1CCCC[C@@H]1C#CCN1CCCC1=O. The average Bonchev–Trinajstić information content (AvgIpc) is 2.67. The van der Waals surface area contributed by atoms with Gasteiger partial charge in [-0.25, -0.2) is 0 Å². The van der Waals surface area contributed by atoms with Crippen molar-refractivity contribution in [2.24, 2.45) is 0 Å². The van der Waals surface area contributed by atoms with Gasteiger partial charge < -0.3 is 4.90 Å². The minimum absolute atomic E-state index is 0.270. The van der Waals surface area contributed by atoms with Crippen molar-refractivity contribution in [3.63, 3.8) is 0 Å². The first-order valence-corrected chi connectivity index (χ1v) is 6.24. The average molecular weight is 220 g/mol. The Morgan fingerprint density at radius 1 is 1.31 bits per heavy atom. The molecule has 2 aliphatic heterocycles. The van der Waals surface area contributed by atoms with Crippen LogP contribution >= 0.6 is 0 Å². The van der Waals surface area contributed by atoms with Gasteiger partial charge in [-0.2, -0.15) is 0 Å². The number of carbonyl (C=O) groups excluding carboxylic acids is 1. The standard InChI is InChI=1S/C13H20N2O/c1-14-9-3-2-6-12(14)7-4-10-15-11-5-8-13(15)16/h12H,2-3,5-6,8-11H2,1H3/t12-/m1/s1. The van der Waals surface area contributed by atoms with Crippen LogP contribution in [0.25, 0.3) is 0 Å². The molecule has 2 saturated heterocycles. The summed E-state index contributed by atoms with van der Waals surface area (Å²) in [6.07, 6.45) is 5.47. The molecule has 0 aromatic carbocycles. The van der Waals surface area contributed by atoms with E-state index in [0.717, 1.165) is 19.5 Å². The third-order valence-electron chi connectivity index (χ3n) is 3.48. The third-order valence-corrected chi connectivity index (χ3v) is 3.48. The molecule has 2 heterocycles. The van der Waals surface area contributed by atoms with Gasteiger partial charge in [0.25, 0.3) is 0 Å². The molecule has 1 atom stereocenters. The van der Waals surface area contributed by atoms with Gasteiger partial charge in [-0.05, 0) is 39.3 Å². The highest BCUT2D eigenvalue weighted by atomic mass is 16.2. The number of nitrogens with zero attached hydrogens (tertiary/aromatic N) is 2. The molecule has 16 heavy (non-hydrogen) atoms. The minimum atomic E-state index is 0.270. The van der Waals surface area contributed by atoms with Crippen molar-refractivity contribution in [1.82, 2.24) is 9.80 Å². The van der Waals surface area contributed by atoms with Crippen molar-refractivity contribution in [3.05, 3.63) is 0 Å². The molecule has 2 fully saturated rings. The maximum Gasteiger partial charge on any atom is 0.223 e. The monoisotopic (exact) mass is 220 g/mol. The molecular weight excluding hydrogens is 200 g/mol. The van der Waals surface area contributed by atoms with E-state index in [1.54, 1.807) is 0 Å². The van der Waals surface area contributed by atoms with Crippen LogP contribution in [0.4, 0.5) is 0 Å². The molecule has 1 amide bonds. The molecular formula is C13H20N2O. The molecule has 0 spiro atoms. The van der Waals surface area contributed by atoms with Crippen LogP contribution in [-0.2, 0) is 4.79 Å². The summed E-state index contributed by atoms with van der Waals surface area (Å²) < 4.78 is 0. The highest BCUT2D eigenvalue weighted by Gasteiger charge is 2.19. The summed E-state index contributed by atoms with van der Waals surface area (Å²) in [6.45, 7) is 2.68. The minimum Gasteiger partial charge on any atom is -0.332 e. The highest BCUT2D eigenvalue weighted by Crippen LogP contribution is 2.14. The number of hydrogen-bond acceptors (Lipinski definition) is 2. The van der Waals surface area contributed by atoms with Gasteiger partial charge in [-0.3, -0.25) is 9.69 Å². The first kappa shape index (κ1) is 11.5. The van der Waals surface area contributed by atoms with Gasteiger partial charge >= 0.3 is 0 Å². The summed E-state index contributed by atoms with van der Waals surface area (Å²) >= 11 is 0. The quantitative estimate of drug-likeness (QED) is 0.618. The van der Waals surface area contributed by atoms with Crippen LogP contribution in [0.3, 0.4) is 0 Å². The summed E-state index contributed by atoms with van der Waals surface area (Å²) in [5.74, 6) is 6.74. The van der Waals surface area contributed by atoms with Gasteiger partial charge in [0.15, 0.2) is 0 Å². The molecule has 0 bridgehead atoms. The van der Waals surface area contributed by atoms with E-state index in [1.807, 2.05) is 4.90 Å². The number of amides is 1. The van der Waals surface area contributed by atoms with Crippen molar-refractivity contribution in [1.29, 1.82) is 0 Å². The second-order valence-electron chi connectivity index (χ2n) is 4.73. The number of piperidine rings is 1. The van der Waals surface area contributed by atoms with Crippen LogP contribution in [0.5, 0.6) is 0 Å². The van der Waals surface area contributed by atoms with Crippen LogP contribution in [-0.4, -0.2) is 48.4 Å². The van der Waals surface area contributed by atoms with E-state index in [0.29, 0.717) is 19.0 Å². The van der Waals surface area contributed by atoms with Gasteiger partial charge in [0.05, 0.1) is 12.6 Å². The third kappa shape index (κ3) is 2.76. The lowest BCUT2D eigenvalue weighted by molar-refractivity contribution is -0.127. The van der Waals surface area contributed by atoms with Gasteiger partial charge in [-0.15, -0.1) is 0 Å². The van der Waals surface area contributed by atoms with Gasteiger partial charge in [0, 0.05) is 13.0 Å². The molecule has 3 nitrogen and oxygen atoms in total. The summed E-state index contributed by atoms with van der Waals surface area (Å²) in [7, 11) is 2.14. The fraction of sp³-hybridized carbons (Fsp3) is 0.769. The van der Waals surface area contributed by atoms with E-state index in [2.05, 4.69) is 23.8 Å². The fourth-order valence-electron chi connectivity index (χ4n) is 2.39. The van der Waals surface area contributed by atoms with Crippen LogP contribution < -0.4 is 0 Å². The zero-order chi connectivity index (χ0) is 11.4. The molecule has 0 aromatic heterocycles. The van der Waals surface area contributed by atoms with E-state index in [1.165, 1.54) is 19.3 Å². The highest BCUT2D eigenvalue weighted by molar-refractivity contribution is 5.78. The Morgan fingerprint density at radius 3 is 2.88 bits per heavy atom. The molecule has 0 N–H and O–H groups in total. The number of hydrogen-bond donors (Lipinski definition) is 0. The molecule has 88 valence electrons. The zero-order valence-electron chi connectivity index (χ0n) is 10.0. The van der Waals surface area contributed by atoms with E-state index < -0.39 is 0 Å². The Bertz CT molecular complexity index is 316. The normalized spacial score (nSPS) is 26.7. The van der Waals surface area contributed by atoms with Crippen LogP contribution in [0, 0.1) is 11.8 Å². The summed E-state index contributed by atoms with van der Waals surface area (Å²) in [5, 5.41) is 0. The molecule has 0 aliphatic carbocycles. The molecule has 0 saturated carbocycles. The Balaban J connectivity index is 1.82. The van der Waals surface area contributed by atoms with Gasteiger partial charge in [0.2, 0.25) is 5.91 Å². The molecule has 2 aliphatic rings. The van der Waals surface area contributed by atoms with E-state index in [-0.39, 0.29) is 5.91 Å². The Morgan fingerprint density at radius 2 is 2.19 bits per heavy atom. The fourth-order valence-corrected chi connectivity index (χ4v) is 2.39. The van der Waals surface area contributed by atoms with Crippen LogP contribution in [0.15, 0.2) is 0 Å². The topological polar surface area (TPSA) is 23.6 Å². The zero-order valence-corrected chi connectivity index (χ0v) is 10.0. The number of likely N-dealkylation sites (tertiary alicyclic amines) is 2. The molecule has 0 aromatic rings. The Hall–Kier alpha value is -1.01. The molecule has 0 unspecified atom stereocenters. The lowest BCUT2D eigenvalue weighted by Crippen LogP contribution is -2.35. The van der Waals surface area contributed by atoms with Crippen molar-refractivity contribution in [2.75, 3.05) is 26.7 Å². The lowest BCUT2D eigenvalue weighted by atomic mass is 10.0. The van der Waals surface area contributed by atoms with E-state index in [9.17, 15) is 4.79 Å². The van der Waals surface area contributed by atoms with E-state index in [4.69, 9.17) is 0 Å². The summed E-state index contributed by atoms with van der Waals surface area (Å²) in [4.78, 5) is 15.6.